The Morgan fingerprint density at radius 2 is 2.00 bits per heavy atom. The third-order valence-electron chi connectivity index (χ3n) is 4.85. The van der Waals surface area contributed by atoms with E-state index in [0.717, 1.165) is 43.4 Å². The highest BCUT2D eigenvalue weighted by molar-refractivity contribution is 7.99. The second-order valence-corrected chi connectivity index (χ2v) is 8.43. The highest BCUT2D eigenvalue weighted by atomic mass is 32.2. The van der Waals surface area contributed by atoms with Crippen LogP contribution in [0.2, 0.25) is 0 Å². The summed E-state index contributed by atoms with van der Waals surface area (Å²) in [6.45, 7) is 3.53. The topological polar surface area (TPSA) is 88.1 Å². The van der Waals surface area contributed by atoms with Gasteiger partial charge in [-0.1, -0.05) is 0 Å². The SMILES string of the molecule is S=C(NC[C@H]1CCCO1)Nc1nc(Sc2ncccn2)cc(N2CCCCC2)n1. The summed E-state index contributed by atoms with van der Waals surface area (Å²) in [5, 5.41) is 8.29. The summed E-state index contributed by atoms with van der Waals surface area (Å²) in [6.07, 6.45) is 9.47. The van der Waals surface area contributed by atoms with Crippen molar-refractivity contribution in [3.63, 3.8) is 0 Å². The van der Waals surface area contributed by atoms with Crippen molar-refractivity contribution in [2.75, 3.05) is 36.5 Å². The summed E-state index contributed by atoms with van der Waals surface area (Å²) in [7, 11) is 0. The van der Waals surface area contributed by atoms with Crippen LogP contribution in [0.15, 0.2) is 34.7 Å². The Labute approximate surface area is 180 Å². The molecule has 0 bridgehead atoms. The molecule has 0 aromatic carbocycles. The Balaban J connectivity index is 1.47. The van der Waals surface area contributed by atoms with E-state index in [4.69, 9.17) is 21.9 Å². The van der Waals surface area contributed by atoms with E-state index in [2.05, 4.69) is 30.5 Å². The van der Waals surface area contributed by atoms with Crippen LogP contribution in [0.1, 0.15) is 32.1 Å². The molecule has 4 rings (SSSR count). The number of thiocarbonyl (C=S) groups is 1. The molecule has 1 atom stereocenters. The van der Waals surface area contributed by atoms with Gasteiger partial charge in [-0.05, 0) is 62.2 Å². The van der Waals surface area contributed by atoms with E-state index in [1.165, 1.54) is 31.0 Å². The number of hydrogen-bond donors (Lipinski definition) is 2. The Hall–Kier alpha value is -2.04. The zero-order valence-corrected chi connectivity index (χ0v) is 17.8. The molecule has 2 aromatic rings. The van der Waals surface area contributed by atoms with Crippen LogP contribution in [-0.2, 0) is 4.74 Å². The van der Waals surface area contributed by atoms with Crippen LogP contribution >= 0.6 is 24.0 Å². The van der Waals surface area contributed by atoms with Crippen molar-refractivity contribution >= 4 is 40.9 Å². The normalized spacial score (nSPS) is 19.2. The van der Waals surface area contributed by atoms with Gasteiger partial charge in [0.2, 0.25) is 5.95 Å². The number of hydrogen-bond acceptors (Lipinski definition) is 8. The van der Waals surface area contributed by atoms with Gasteiger partial charge in [-0.2, -0.15) is 4.98 Å². The second kappa shape index (κ2) is 10.1. The molecule has 0 spiro atoms. The predicted octanol–water partition coefficient (Wildman–Crippen LogP) is 2.87. The number of rotatable bonds is 6. The quantitative estimate of drug-likeness (QED) is 0.404. The van der Waals surface area contributed by atoms with E-state index in [1.807, 2.05) is 6.07 Å². The molecule has 0 unspecified atom stereocenters. The van der Waals surface area contributed by atoms with Gasteiger partial charge >= 0.3 is 0 Å². The predicted molar refractivity (Wildman–Crippen MR) is 117 cm³/mol. The molecule has 154 valence electrons. The van der Waals surface area contributed by atoms with Crippen LogP contribution in [0.4, 0.5) is 11.8 Å². The lowest BCUT2D eigenvalue weighted by Crippen LogP contribution is -2.35. The van der Waals surface area contributed by atoms with Gasteiger partial charge in [-0.3, -0.25) is 0 Å². The van der Waals surface area contributed by atoms with Crippen molar-refractivity contribution in [2.45, 2.75) is 48.4 Å². The molecule has 4 heterocycles. The fourth-order valence-corrected chi connectivity index (χ4v) is 4.28. The van der Waals surface area contributed by atoms with E-state index >= 15 is 0 Å². The molecular weight excluding hydrogens is 406 g/mol. The molecule has 8 nitrogen and oxygen atoms in total. The minimum Gasteiger partial charge on any atom is -0.376 e. The third kappa shape index (κ3) is 5.97. The van der Waals surface area contributed by atoms with Crippen LogP contribution in [-0.4, -0.2) is 57.4 Å². The Bertz CT molecular complexity index is 811. The number of anilines is 2. The van der Waals surface area contributed by atoms with Crippen molar-refractivity contribution in [3.8, 4) is 0 Å². The molecule has 2 aliphatic heterocycles. The third-order valence-corrected chi connectivity index (χ3v) is 5.90. The lowest BCUT2D eigenvalue weighted by molar-refractivity contribution is 0.114. The van der Waals surface area contributed by atoms with E-state index in [1.54, 1.807) is 18.5 Å². The first-order valence-corrected chi connectivity index (χ1v) is 11.2. The summed E-state index contributed by atoms with van der Waals surface area (Å²) in [5.74, 6) is 1.39. The van der Waals surface area contributed by atoms with Gasteiger partial charge in [0.15, 0.2) is 10.3 Å². The van der Waals surface area contributed by atoms with E-state index in [0.29, 0.717) is 22.8 Å². The Morgan fingerprint density at radius 3 is 2.76 bits per heavy atom. The van der Waals surface area contributed by atoms with Crippen molar-refractivity contribution in [3.05, 3.63) is 24.5 Å². The molecular formula is C19H25N7OS2. The zero-order valence-electron chi connectivity index (χ0n) is 16.2. The molecule has 2 saturated heterocycles. The van der Waals surface area contributed by atoms with Crippen LogP contribution in [0, 0.1) is 0 Å². The monoisotopic (exact) mass is 431 g/mol. The minimum atomic E-state index is 0.219. The van der Waals surface area contributed by atoms with Crippen LogP contribution in [0.5, 0.6) is 0 Å². The summed E-state index contributed by atoms with van der Waals surface area (Å²) in [5.41, 5.74) is 0. The molecule has 0 aliphatic carbocycles. The van der Waals surface area contributed by atoms with E-state index < -0.39 is 0 Å². The Morgan fingerprint density at radius 1 is 1.17 bits per heavy atom. The first kappa shape index (κ1) is 20.2. The van der Waals surface area contributed by atoms with Crippen molar-refractivity contribution in [1.82, 2.24) is 25.3 Å². The number of ether oxygens (including phenoxy) is 1. The van der Waals surface area contributed by atoms with Gasteiger partial charge in [0.05, 0.1) is 6.10 Å². The maximum Gasteiger partial charge on any atom is 0.232 e. The lowest BCUT2D eigenvalue weighted by Gasteiger charge is -2.28. The van der Waals surface area contributed by atoms with Crippen LogP contribution < -0.4 is 15.5 Å². The van der Waals surface area contributed by atoms with Crippen molar-refractivity contribution in [1.29, 1.82) is 0 Å². The fraction of sp³-hybridized carbons (Fsp3) is 0.526. The Kier molecular flexibility index (Phi) is 7.07. The highest BCUT2D eigenvalue weighted by Gasteiger charge is 2.18. The van der Waals surface area contributed by atoms with Crippen molar-refractivity contribution in [2.24, 2.45) is 0 Å². The summed E-state index contributed by atoms with van der Waals surface area (Å²) < 4.78 is 5.63. The molecule has 2 aromatic heterocycles. The number of nitrogens with one attached hydrogen (secondary N) is 2. The van der Waals surface area contributed by atoms with Gasteiger partial charge in [0, 0.05) is 44.7 Å². The first-order chi connectivity index (χ1) is 14.3. The number of aromatic nitrogens is 4. The van der Waals surface area contributed by atoms with Gasteiger partial charge < -0.3 is 20.3 Å². The first-order valence-electron chi connectivity index (χ1n) is 10.0. The summed E-state index contributed by atoms with van der Waals surface area (Å²) in [6, 6.07) is 3.80. The van der Waals surface area contributed by atoms with Gasteiger partial charge in [0.1, 0.15) is 10.8 Å². The minimum absolute atomic E-state index is 0.219. The fourth-order valence-electron chi connectivity index (χ4n) is 3.40. The van der Waals surface area contributed by atoms with Gasteiger partial charge in [0.25, 0.3) is 0 Å². The summed E-state index contributed by atoms with van der Waals surface area (Å²) >= 11 is 6.86. The molecule has 2 fully saturated rings. The lowest BCUT2D eigenvalue weighted by atomic mass is 10.1. The standard InChI is InChI=1S/C19H25N7OS2/c28-18(22-13-14-6-4-11-27-14)25-17-23-15(26-9-2-1-3-10-26)12-16(24-17)29-19-20-7-5-8-21-19/h5,7-8,12,14H,1-4,6,9-11,13H2,(H2,22,23,24,25,28)/t14-/m1/s1. The second-order valence-electron chi connectivity index (χ2n) is 7.04. The average Bonchev–Trinajstić information content (AvgIpc) is 3.27. The molecule has 0 saturated carbocycles. The van der Waals surface area contributed by atoms with Gasteiger partial charge in [-0.25, -0.2) is 15.0 Å². The smallest absolute Gasteiger partial charge is 0.232 e. The van der Waals surface area contributed by atoms with Crippen LogP contribution in [0.3, 0.4) is 0 Å². The number of nitrogens with zero attached hydrogens (tertiary/aromatic N) is 5. The molecule has 2 N–H and O–H groups in total. The summed E-state index contributed by atoms with van der Waals surface area (Å²) in [4.78, 5) is 20.2. The maximum absolute atomic E-state index is 5.63. The van der Waals surface area contributed by atoms with E-state index in [9.17, 15) is 0 Å². The van der Waals surface area contributed by atoms with Crippen LogP contribution in [0.25, 0.3) is 0 Å². The molecule has 10 heteroatoms. The largest absolute Gasteiger partial charge is 0.376 e. The zero-order chi connectivity index (χ0) is 19.9. The molecule has 29 heavy (non-hydrogen) atoms. The molecule has 0 amide bonds. The highest BCUT2D eigenvalue weighted by Crippen LogP contribution is 2.28. The number of piperidine rings is 1. The molecule has 0 radical (unpaired) electrons. The van der Waals surface area contributed by atoms with E-state index in [-0.39, 0.29) is 6.10 Å². The van der Waals surface area contributed by atoms with Crippen molar-refractivity contribution < 1.29 is 4.74 Å². The average molecular weight is 432 g/mol. The van der Waals surface area contributed by atoms with Gasteiger partial charge in [-0.15, -0.1) is 0 Å². The molecule has 2 aliphatic rings. The maximum atomic E-state index is 5.63.